The number of hydrogen-bond donors (Lipinski definition) is 2. The first-order valence-electron chi connectivity index (χ1n) is 7.56. The summed E-state index contributed by atoms with van der Waals surface area (Å²) < 4.78 is 37.8. The average molecular weight is 323 g/mol. The van der Waals surface area contributed by atoms with Crippen LogP contribution in [-0.2, 0) is 12.7 Å². The molecule has 124 valence electrons. The van der Waals surface area contributed by atoms with Gasteiger partial charge in [0.25, 0.3) is 0 Å². The third kappa shape index (κ3) is 5.69. The Morgan fingerprint density at radius 1 is 1.00 bits per heavy atom. The topological polar surface area (TPSA) is 32.3 Å². The number of rotatable bonds is 7. The highest BCUT2D eigenvalue weighted by atomic mass is 19.4. The molecule has 0 radical (unpaired) electrons. The highest BCUT2D eigenvalue weighted by Crippen LogP contribution is 2.29. The molecule has 0 aliphatic rings. The second-order valence-corrected chi connectivity index (χ2v) is 5.44. The first-order valence-corrected chi connectivity index (χ1v) is 7.56. The van der Waals surface area contributed by atoms with Crippen molar-refractivity contribution in [3.8, 4) is 0 Å². The third-order valence-corrected chi connectivity index (χ3v) is 3.60. The van der Waals surface area contributed by atoms with Gasteiger partial charge in [-0.25, -0.2) is 0 Å². The maximum Gasteiger partial charge on any atom is 0.416 e. The van der Waals surface area contributed by atoms with E-state index in [1.807, 2.05) is 30.3 Å². The Balaban J connectivity index is 1.72. The second-order valence-electron chi connectivity index (χ2n) is 5.44. The SMILES string of the molecule is OC(CCCNCc1cccc(C(F)(F)F)c1)c1ccccc1. The lowest BCUT2D eigenvalue weighted by atomic mass is 10.1. The lowest BCUT2D eigenvalue weighted by Gasteiger charge is -2.12. The molecule has 0 saturated carbocycles. The molecule has 5 heteroatoms. The van der Waals surface area contributed by atoms with Crippen LogP contribution in [-0.4, -0.2) is 11.7 Å². The molecule has 0 spiro atoms. The monoisotopic (exact) mass is 323 g/mol. The van der Waals surface area contributed by atoms with E-state index in [2.05, 4.69) is 5.32 Å². The summed E-state index contributed by atoms with van der Waals surface area (Å²) in [5.41, 5.74) is 0.852. The number of alkyl halides is 3. The van der Waals surface area contributed by atoms with Gasteiger partial charge in [-0.15, -0.1) is 0 Å². The first-order chi connectivity index (χ1) is 11.0. The zero-order chi connectivity index (χ0) is 16.7. The van der Waals surface area contributed by atoms with Crippen LogP contribution < -0.4 is 5.32 Å². The number of nitrogens with one attached hydrogen (secondary N) is 1. The van der Waals surface area contributed by atoms with E-state index in [9.17, 15) is 18.3 Å². The Morgan fingerprint density at radius 3 is 2.43 bits per heavy atom. The summed E-state index contributed by atoms with van der Waals surface area (Å²) in [6.07, 6.45) is -3.46. The van der Waals surface area contributed by atoms with E-state index in [1.54, 1.807) is 6.07 Å². The Labute approximate surface area is 134 Å². The highest BCUT2D eigenvalue weighted by Gasteiger charge is 2.30. The van der Waals surface area contributed by atoms with Crippen molar-refractivity contribution in [2.75, 3.05) is 6.54 Å². The second kappa shape index (κ2) is 8.13. The Morgan fingerprint density at radius 2 is 1.74 bits per heavy atom. The van der Waals surface area contributed by atoms with Crippen molar-refractivity contribution in [2.24, 2.45) is 0 Å². The molecule has 0 aliphatic heterocycles. The van der Waals surface area contributed by atoms with Crippen molar-refractivity contribution in [3.05, 3.63) is 71.3 Å². The predicted molar refractivity (Wildman–Crippen MR) is 83.8 cm³/mol. The molecule has 2 nitrogen and oxygen atoms in total. The molecule has 0 amide bonds. The summed E-state index contributed by atoms with van der Waals surface area (Å²) >= 11 is 0. The van der Waals surface area contributed by atoms with Gasteiger partial charge in [0.05, 0.1) is 11.7 Å². The van der Waals surface area contributed by atoms with Crippen LogP contribution in [0.2, 0.25) is 0 Å². The fourth-order valence-electron chi connectivity index (χ4n) is 2.35. The van der Waals surface area contributed by atoms with Crippen molar-refractivity contribution in [2.45, 2.75) is 31.7 Å². The van der Waals surface area contributed by atoms with Gasteiger partial charge < -0.3 is 10.4 Å². The zero-order valence-corrected chi connectivity index (χ0v) is 12.7. The maximum absolute atomic E-state index is 12.6. The third-order valence-electron chi connectivity index (χ3n) is 3.60. The molecule has 0 saturated heterocycles. The van der Waals surface area contributed by atoms with Crippen molar-refractivity contribution < 1.29 is 18.3 Å². The van der Waals surface area contributed by atoms with Crippen LogP contribution in [0.15, 0.2) is 54.6 Å². The van der Waals surface area contributed by atoms with Gasteiger partial charge in [-0.05, 0) is 36.6 Å². The van der Waals surface area contributed by atoms with Gasteiger partial charge in [0.15, 0.2) is 0 Å². The van der Waals surface area contributed by atoms with Gasteiger partial charge in [-0.1, -0.05) is 48.5 Å². The number of aliphatic hydroxyl groups excluding tert-OH is 1. The smallest absolute Gasteiger partial charge is 0.388 e. The molecule has 2 aromatic carbocycles. The van der Waals surface area contributed by atoms with Gasteiger partial charge >= 0.3 is 6.18 Å². The lowest BCUT2D eigenvalue weighted by molar-refractivity contribution is -0.137. The van der Waals surface area contributed by atoms with Crippen LogP contribution in [0, 0.1) is 0 Å². The summed E-state index contributed by atoms with van der Waals surface area (Å²) in [4.78, 5) is 0. The van der Waals surface area contributed by atoms with Gasteiger partial charge in [0.2, 0.25) is 0 Å². The summed E-state index contributed by atoms with van der Waals surface area (Å²) in [6, 6.07) is 14.7. The van der Waals surface area contributed by atoms with E-state index in [-0.39, 0.29) is 0 Å². The van der Waals surface area contributed by atoms with Crippen molar-refractivity contribution in [1.29, 1.82) is 0 Å². The molecule has 2 rings (SSSR count). The quantitative estimate of drug-likeness (QED) is 0.744. The predicted octanol–water partition coefficient (Wildman–Crippen LogP) is 4.31. The van der Waals surface area contributed by atoms with E-state index < -0.39 is 17.8 Å². The molecule has 1 unspecified atom stereocenters. The average Bonchev–Trinajstić information content (AvgIpc) is 2.54. The molecule has 0 fully saturated rings. The summed E-state index contributed by atoms with van der Waals surface area (Å²) in [6.45, 7) is 1.02. The van der Waals surface area contributed by atoms with Crippen LogP contribution in [0.4, 0.5) is 13.2 Å². The van der Waals surface area contributed by atoms with E-state index in [0.717, 1.165) is 24.1 Å². The minimum atomic E-state index is -4.31. The molecule has 0 aliphatic carbocycles. The Hall–Kier alpha value is -1.85. The molecule has 0 aromatic heterocycles. The number of aliphatic hydroxyl groups is 1. The fourth-order valence-corrected chi connectivity index (χ4v) is 2.35. The van der Waals surface area contributed by atoms with E-state index in [0.29, 0.717) is 25.1 Å². The molecule has 2 N–H and O–H groups in total. The standard InChI is InChI=1S/C18H20F3NO/c19-18(20,21)16-9-4-6-14(12-16)13-22-11-5-10-17(23)15-7-2-1-3-8-15/h1-4,6-9,12,17,22-23H,5,10-11,13H2. The van der Waals surface area contributed by atoms with Crippen LogP contribution in [0.1, 0.15) is 35.6 Å². The summed E-state index contributed by atoms with van der Waals surface area (Å²) in [7, 11) is 0. The molecule has 0 bridgehead atoms. The first kappa shape index (κ1) is 17.5. The fraction of sp³-hybridized carbons (Fsp3) is 0.333. The number of hydrogen-bond acceptors (Lipinski definition) is 2. The molecular weight excluding hydrogens is 303 g/mol. The van der Waals surface area contributed by atoms with Crippen molar-refractivity contribution in [1.82, 2.24) is 5.32 Å². The van der Waals surface area contributed by atoms with E-state index in [1.165, 1.54) is 6.07 Å². The lowest BCUT2D eigenvalue weighted by Crippen LogP contribution is -2.16. The molecule has 2 aromatic rings. The number of halogens is 3. The molecule has 1 atom stereocenters. The van der Waals surface area contributed by atoms with E-state index >= 15 is 0 Å². The summed E-state index contributed by atoms with van der Waals surface area (Å²) in [5, 5.41) is 13.1. The van der Waals surface area contributed by atoms with Gasteiger partial charge in [0.1, 0.15) is 0 Å². The van der Waals surface area contributed by atoms with Crippen LogP contribution >= 0.6 is 0 Å². The zero-order valence-electron chi connectivity index (χ0n) is 12.7. The largest absolute Gasteiger partial charge is 0.416 e. The molecular formula is C18H20F3NO. The van der Waals surface area contributed by atoms with Crippen LogP contribution in [0.3, 0.4) is 0 Å². The Kier molecular flexibility index (Phi) is 6.19. The molecule has 23 heavy (non-hydrogen) atoms. The van der Waals surface area contributed by atoms with E-state index in [4.69, 9.17) is 0 Å². The van der Waals surface area contributed by atoms with Crippen LogP contribution in [0.25, 0.3) is 0 Å². The van der Waals surface area contributed by atoms with Gasteiger partial charge in [-0.2, -0.15) is 13.2 Å². The van der Waals surface area contributed by atoms with Gasteiger partial charge in [-0.3, -0.25) is 0 Å². The normalized spacial score (nSPS) is 13.0. The highest BCUT2D eigenvalue weighted by molar-refractivity contribution is 5.25. The van der Waals surface area contributed by atoms with Crippen molar-refractivity contribution >= 4 is 0 Å². The Bertz CT molecular complexity index is 599. The minimum absolute atomic E-state index is 0.380. The summed E-state index contributed by atoms with van der Waals surface area (Å²) in [5.74, 6) is 0. The number of benzene rings is 2. The van der Waals surface area contributed by atoms with Crippen molar-refractivity contribution in [3.63, 3.8) is 0 Å². The van der Waals surface area contributed by atoms with Crippen LogP contribution in [0.5, 0.6) is 0 Å². The van der Waals surface area contributed by atoms with Gasteiger partial charge in [0, 0.05) is 6.54 Å². The maximum atomic E-state index is 12.6. The minimum Gasteiger partial charge on any atom is -0.388 e. The molecule has 0 heterocycles.